The second-order valence-corrected chi connectivity index (χ2v) is 5.57. The van der Waals surface area contributed by atoms with E-state index in [2.05, 4.69) is 5.32 Å². The lowest BCUT2D eigenvalue weighted by Crippen LogP contribution is -2.33. The molecule has 4 heteroatoms. The number of nitrogens with one attached hydrogen (secondary N) is 1. The molecule has 1 aromatic rings. The lowest BCUT2D eigenvalue weighted by molar-refractivity contribution is -0.117. The van der Waals surface area contributed by atoms with Crippen molar-refractivity contribution in [3.63, 3.8) is 0 Å². The van der Waals surface area contributed by atoms with E-state index >= 15 is 0 Å². The van der Waals surface area contributed by atoms with E-state index in [1.54, 1.807) is 12.1 Å². The average molecular weight is 296 g/mol. The van der Waals surface area contributed by atoms with Crippen molar-refractivity contribution in [2.45, 2.75) is 44.6 Å². The van der Waals surface area contributed by atoms with Gasteiger partial charge in [0.2, 0.25) is 5.91 Å². The molecule has 0 aliphatic heterocycles. The van der Waals surface area contributed by atoms with Crippen LogP contribution in [0.25, 0.3) is 6.08 Å². The third-order valence-corrected chi connectivity index (χ3v) is 3.93. The Morgan fingerprint density at radius 3 is 2.60 bits per heavy atom. The molecule has 0 spiro atoms. The number of halogens is 2. The van der Waals surface area contributed by atoms with E-state index in [1.165, 1.54) is 31.1 Å². The van der Waals surface area contributed by atoms with Crippen molar-refractivity contribution in [2.75, 3.05) is 0 Å². The Balaban J connectivity index is 1.95. The van der Waals surface area contributed by atoms with E-state index in [1.807, 2.05) is 0 Å². The Morgan fingerprint density at radius 1 is 1.25 bits per heavy atom. The van der Waals surface area contributed by atoms with E-state index in [0.717, 1.165) is 25.7 Å². The van der Waals surface area contributed by atoms with E-state index < -0.39 is 5.82 Å². The maximum absolute atomic E-state index is 13.5. The van der Waals surface area contributed by atoms with E-state index in [4.69, 9.17) is 11.6 Å². The van der Waals surface area contributed by atoms with Crippen LogP contribution in [0.2, 0.25) is 5.02 Å². The van der Waals surface area contributed by atoms with Gasteiger partial charge in [0.05, 0.1) is 5.02 Å². The molecule has 1 aromatic carbocycles. The van der Waals surface area contributed by atoms with Gasteiger partial charge in [0.1, 0.15) is 5.82 Å². The summed E-state index contributed by atoms with van der Waals surface area (Å²) in [6, 6.07) is 4.72. The van der Waals surface area contributed by atoms with Crippen molar-refractivity contribution < 1.29 is 9.18 Å². The third kappa shape index (κ3) is 4.34. The minimum atomic E-state index is -0.420. The fourth-order valence-electron chi connectivity index (χ4n) is 2.50. The molecule has 0 heterocycles. The van der Waals surface area contributed by atoms with Gasteiger partial charge >= 0.3 is 0 Å². The highest BCUT2D eigenvalue weighted by atomic mass is 35.5. The molecule has 0 atom stereocenters. The molecule has 1 aliphatic rings. The number of benzene rings is 1. The zero-order valence-electron chi connectivity index (χ0n) is 11.4. The molecule has 0 aromatic heterocycles. The minimum Gasteiger partial charge on any atom is -0.350 e. The molecule has 1 saturated carbocycles. The van der Waals surface area contributed by atoms with Gasteiger partial charge in [0, 0.05) is 17.7 Å². The second-order valence-electron chi connectivity index (χ2n) is 5.17. The van der Waals surface area contributed by atoms with Crippen LogP contribution in [-0.2, 0) is 4.79 Å². The Bertz CT molecular complexity index is 473. The normalized spacial score (nSPS) is 17.1. The van der Waals surface area contributed by atoms with Crippen LogP contribution in [0.1, 0.15) is 44.1 Å². The fourth-order valence-corrected chi connectivity index (χ4v) is 2.73. The lowest BCUT2D eigenvalue weighted by Gasteiger charge is -2.14. The zero-order chi connectivity index (χ0) is 14.4. The summed E-state index contributed by atoms with van der Waals surface area (Å²) in [4.78, 5) is 11.9. The van der Waals surface area contributed by atoms with Gasteiger partial charge in [-0.25, -0.2) is 4.39 Å². The van der Waals surface area contributed by atoms with Gasteiger partial charge in [-0.2, -0.15) is 0 Å². The van der Waals surface area contributed by atoms with Crippen LogP contribution in [0.3, 0.4) is 0 Å². The van der Waals surface area contributed by atoms with Crippen LogP contribution in [0, 0.1) is 5.82 Å². The van der Waals surface area contributed by atoms with Crippen molar-refractivity contribution in [1.29, 1.82) is 0 Å². The monoisotopic (exact) mass is 295 g/mol. The van der Waals surface area contributed by atoms with Gasteiger partial charge in [-0.1, -0.05) is 43.4 Å². The summed E-state index contributed by atoms with van der Waals surface area (Å²) in [5, 5.41) is 3.29. The van der Waals surface area contributed by atoms with Crippen LogP contribution < -0.4 is 5.32 Å². The Kier molecular flexibility index (Phi) is 5.60. The maximum atomic E-state index is 13.5. The molecule has 1 N–H and O–H groups in total. The number of carbonyl (C=O) groups excluding carboxylic acids is 1. The van der Waals surface area contributed by atoms with Gasteiger partial charge in [-0.15, -0.1) is 0 Å². The fraction of sp³-hybridized carbons (Fsp3) is 0.438. The van der Waals surface area contributed by atoms with Gasteiger partial charge in [-0.3, -0.25) is 4.79 Å². The van der Waals surface area contributed by atoms with Gasteiger partial charge < -0.3 is 5.32 Å². The molecular weight excluding hydrogens is 277 g/mol. The number of carbonyl (C=O) groups is 1. The number of hydrogen-bond acceptors (Lipinski definition) is 1. The molecule has 20 heavy (non-hydrogen) atoms. The molecule has 0 radical (unpaired) electrons. The minimum absolute atomic E-state index is 0.184. The largest absolute Gasteiger partial charge is 0.350 e. The van der Waals surface area contributed by atoms with Crippen LogP contribution >= 0.6 is 11.6 Å². The van der Waals surface area contributed by atoms with E-state index in [9.17, 15) is 9.18 Å². The van der Waals surface area contributed by atoms with Gasteiger partial charge in [0.15, 0.2) is 0 Å². The summed E-state index contributed by atoms with van der Waals surface area (Å²) in [6.45, 7) is 0. The summed E-state index contributed by atoms with van der Waals surface area (Å²) >= 11 is 5.90. The van der Waals surface area contributed by atoms with Crippen LogP contribution in [0.5, 0.6) is 0 Å². The van der Waals surface area contributed by atoms with Gasteiger partial charge in [-0.05, 0) is 31.1 Å². The number of amides is 1. The van der Waals surface area contributed by atoms with E-state index in [-0.39, 0.29) is 17.5 Å². The predicted octanol–water partition coefficient (Wildman–Crippen LogP) is 4.33. The predicted molar refractivity (Wildman–Crippen MR) is 80.1 cm³/mol. The Labute approximate surface area is 124 Å². The molecule has 1 fully saturated rings. The summed E-state index contributed by atoms with van der Waals surface area (Å²) in [7, 11) is 0. The van der Waals surface area contributed by atoms with Crippen LogP contribution in [0.15, 0.2) is 24.3 Å². The SMILES string of the molecule is O=C(/C=C/c1c(F)cccc1Cl)NC1CCCCCC1. The maximum Gasteiger partial charge on any atom is 0.244 e. The summed E-state index contributed by atoms with van der Waals surface area (Å²) in [5.74, 6) is -0.604. The van der Waals surface area contributed by atoms with Crippen molar-refractivity contribution in [1.82, 2.24) is 5.32 Å². The first kappa shape index (κ1) is 15.0. The first-order valence-corrected chi connectivity index (χ1v) is 7.47. The molecule has 108 valence electrons. The van der Waals surface area contributed by atoms with Crippen LogP contribution in [0.4, 0.5) is 4.39 Å². The Hall–Kier alpha value is -1.35. The summed E-state index contributed by atoms with van der Waals surface area (Å²) in [5.41, 5.74) is 0.255. The summed E-state index contributed by atoms with van der Waals surface area (Å²) < 4.78 is 13.5. The molecule has 2 nitrogen and oxygen atoms in total. The highest BCUT2D eigenvalue weighted by Crippen LogP contribution is 2.20. The molecule has 0 unspecified atom stereocenters. The van der Waals surface area contributed by atoms with E-state index in [0.29, 0.717) is 5.02 Å². The average Bonchev–Trinajstić information content (AvgIpc) is 2.67. The Morgan fingerprint density at radius 2 is 1.95 bits per heavy atom. The second kappa shape index (κ2) is 7.44. The topological polar surface area (TPSA) is 29.1 Å². The molecular formula is C16H19ClFNO. The highest BCUT2D eigenvalue weighted by molar-refractivity contribution is 6.32. The first-order chi connectivity index (χ1) is 9.66. The summed E-state index contributed by atoms with van der Waals surface area (Å²) in [6.07, 6.45) is 9.65. The van der Waals surface area contributed by atoms with Gasteiger partial charge in [0.25, 0.3) is 0 Å². The molecule has 0 bridgehead atoms. The standard InChI is InChI=1S/C16H19ClFNO/c17-14-8-5-9-15(18)13(14)10-11-16(20)19-12-6-3-1-2-4-7-12/h5,8-12H,1-4,6-7H2,(H,19,20)/b11-10+. The highest BCUT2D eigenvalue weighted by Gasteiger charge is 2.13. The smallest absolute Gasteiger partial charge is 0.244 e. The van der Waals surface area contributed by atoms with Crippen molar-refractivity contribution >= 4 is 23.6 Å². The van der Waals surface area contributed by atoms with Crippen molar-refractivity contribution in [2.24, 2.45) is 0 Å². The van der Waals surface area contributed by atoms with Crippen LogP contribution in [-0.4, -0.2) is 11.9 Å². The molecule has 1 aliphatic carbocycles. The van der Waals surface area contributed by atoms with Crippen molar-refractivity contribution in [3.05, 3.63) is 40.7 Å². The van der Waals surface area contributed by atoms with Crippen molar-refractivity contribution in [3.8, 4) is 0 Å². The number of hydrogen-bond donors (Lipinski definition) is 1. The quantitative estimate of drug-likeness (QED) is 0.652. The molecule has 2 rings (SSSR count). The zero-order valence-corrected chi connectivity index (χ0v) is 12.1. The molecule has 0 saturated heterocycles. The number of rotatable bonds is 3. The first-order valence-electron chi connectivity index (χ1n) is 7.09. The molecule has 1 amide bonds. The lowest BCUT2D eigenvalue weighted by atomic mass is 10.1. The third-order valence-electron chi connectivity index (χ3n) is 3.60.